The number of halogens is 1. The summed E-state index contributed by atoms with van der Waals surface area (Å²) >= 11 is 5.87. The Balaban J connectivity index is 1.92. The van der Waals surface area contributed by atoms with Gasteiger partial charge in [0.15, 0.2) is 0 Å². The summed E-state index contributed by atoms with van der Waals surface area (Å²) in [6.45, 7) is 4.27. The lowest BCUT2D eigenvalue weighted by Crippen LogP contribution is -2.31. The van der Waals surface area contributed by atoms with Crippen LogP contribution in [-0.4, -0.2) is 25.0 Å². The molecule has 132 valence electrons. The first kappa shape index (κ1) is 18.8. The van der Waals surface area contributed by atoms with Crippen molar-refractivity contribution in [1.82, 2.24) is 0 Å². The van der Waals surface area contributed by atoms with Crippen molar-refractivity contribution in [2.75, 3.05) is 23.4 Å². The second kappa shape index (κ2) is 9.08. The van der Waals surface area contributed by atoms with Gasteiger partial charge < -0.3 is 15.0 Å². The van der Waals surface area contributed by atoms with Crippen LogP contribution in [0.1, 0.15) is 20.3 Å². The third-order valence-corrected chi connectivity index (χ3v) is 3.78. The number of rotatable bonds is 7. The summed E-state index contributed by atoms with van der Waals surface area (Å²) in [5, 5.41) is 3.41. The van der Waals surface area contributed by atoms with Crippen LogP contribution in [0.2, 0.25) is 5.02 Å². The average molecular weight is 361 g/mol. The van der Waals surface area contributed by atoms with Crippen LogP contribution < -0.4 is 15.0 Å². The van der Waals surface area contributed by atoms with Crippen molar-refractivity contribution in [3.05, 3.63) is 53.6 Å². The van der Waals surface area contributed by atoms with Crippen LogP contribution in [0.25, 0.3) is 0 Å². The molecule has 0 heterocycles. The van der Waals surface area contributed by atoms with E-state index in [4.69, 9.17) is 16.3 Å². The first-order chi connectivity index (χ1) is 12.0. The highest BCUT2D eigenvalue weighted by Gasteiger charge is 2.13. The number of carbonyl (C=O) groups excluding carboxylic acids is 2. The molecule has 0 bridgehead atoms. The maximum absolute atomic E-state index is 12.1. The molecule has 1 N–H and O–H groups in total. The van der Waals surface area contributed by atoms with Gasteiger partial charge in [0, 0.05) is 36.3 Å². The monoisotopic (exact) mass is 360 g/mol. The fourth-order valence-corrected chi connectivity index (χ4v) is 2.45. The Hall–Kier alpha value is -2.53. The molecular weight excluding hydrogens is 340 g/mol. The van der Waals surface area contributed by atoms with E-state index in [1.807, 2.05) is 6.92 Å². The van der Waals surface area contributed by atoms with Crippen molar-refractivity contribution in [2.24, 2.45) is 0 Å². The Morgan fingerprint density at radius 1 is 1.08 bits per heavy atom. The highest BCUT2D eigenvalue weighted by Crippen LogP contribution is 2.19. The number of nitrogens with one attached hydrogen (secondary N) is 1. The Bertz CT molecular complexity index is 714. The molecular formula is C19H21ClN2O3. The number of nitrogens with zero attached hydrogens (tertiary/aromatic N) is 1. The Kier molecular flexibility index (Phi) is 6.83. The molecule has 5 nitrogen and oxygen atoms in total. The molecule has 6 heteroatoms. The molecule has 0 aliphatic heterocycles. The van der Waals surface area contributed by atoms with Crippen LogP contribution >= 0.6 is 11.6 Å². The number of anilines is 2. The van der Waals surface area contributed by atoms with Gasteiger partial charge in [-0.05, 0) is 55.5 Å². The average Bonchev–Trinajstić information content (AvgIpc) is 2.58. The first-order valence-electron chi connectivity index (χ1n) is 8.06. The summed E-state index contributed by atoms with van der Waals surface area (Å²) in [6, 6.07) is 14.1. The quantitative estimate of drug-likeness (QED) is 0.808. The lowest BCUT2D eigenvalue weighted by Gasteiger charge is -2.21. The molecule has 0 unspecified atom stereocenters. The van der Waals surface area contributed by atoms with Crippen molar-refractivity contribution in [1.29, 1.82) is 0 Å². The van der Waals surface area contributed by atoms with Crippen LogP contribution in [0.4, 0.5) is 11.4 Å². The molecule has 0 atom stereocenters. The van der Waals surface area contributed by atoms with Crippen molar-refractivity contribution >= 4 is 34.8 Å². The molecule has 0 fully saturated rings. The first-order valence-corrected chi connectivity index (χ1v) is 8.43. The van der Waals surface area contributed by atoms with Crippen molar-refractivity contribution in [2.45, 2.75) is 20.3 Å². The minimum absolute atomic E-state index is 0.129. The van der Waals surface area contributed by atoms with E-state index in [9.17, 15) is 9.59 Å². The molecule has 0 aromatic heterocycles. The number of benzene rings is 2. The summed E-state index contributed by atoms with van der Waals surface area (Å²) in [6.07, 6.45) is 0.190. The van der Waals surface area contributed by atoms with Gasteiger partial charge in [-0.2, -0.15) is 0 Å². The fourth-order valence-electron chi connectivity index (χ4n) is 2.33. The standard InChI is InChI=1S/C19H21ClN2O3/c1-3-25-18-10-6-16(7-11-18)21-19(24)12-13-22(14(2)23)17-8-4-15(20)5-9-17/h4-11H,3,12-13H2,1-2H3,(H,21,24). The zero-order valence-corrected chi connectivity index (χ0v) is 15.0. The topological polar surface area (TPSA) is 58.6 Å². The predicted molar refractivity (Wildman–Crippen MR) is 100 cm³/mol. The molecule has 0 saturated carbocycles. The van der Waals surface area contributed by atoms with E-state index in [0.717, 1.165) is 5.75 Å². The second-order valence-electron chi connectivity index (χ2n) is 5.40. The van der Waals surface area contributed by atoms with E-state index in [2.05, 4.69) is 5.32 Å². The minimum Gasteiger partial charge on any atom is -0.494 e. The molecule has 2 aromatic carbocycles. The molecule has 2 amide bonds. The van der Waals surface area contributed by atoms with Crippen LogP contribution in [0, 0.1) is 0 Å². The molecule has 0 radical (unpaired) electrons. The van der Waals surface area contributed by atoms with Crippen LogP contribution in [0.15, 0.2) is 48.5 Å². The maximum Gasteiger partial charge on any atom is 0.226 e. The molecule has 25 heavy (non-hydrogen) atoms. The summed E-state index contributed by atoms with van der Waals surface area (Å²) in [4.78, 5) is 25.5. The smallest absolute Gasteiger partial charge is 0.226 e. The van der Waals surface area contributed by atoms with Crippen molar-refractivity contribution < 1.29 is 14.3 Å². The van der Waals surface area contributed by atoms with Gasteiger partial charge in [0.05, 0.1) is 6.61 Å². The lowest BCUT2D eigenvalue weighted by molar-refractivity contribution is -0.117. The van der Waals surface area contributed by atoms with Crippen LogP contribution in [-0.2, 0) is 9.59 Å². The van der Waals surface area contributed by atoms with E-state index < -0.39 is 0 Å². The normalized spacial score (nSPS) is 10.2. The second-order valence-corrected chi connectivity index (χ2v) is 5.84. The third-order valence-electron chi connectivity index (χ3n) is 3.53. The van der Waals surface area contributed by atoms with Gasteiger partial charge in [-0.1, -0.05) is 11.6 Å². The predicted octanol–water partition coefficient (Wildman–Crippen LogP) is 4.12. The largest absolute Gasteiger partial charge is 0.494 e. The SMILES string of the molecule is CCOc1ccc(NC(=O)CCN(C(C)=O)c2ccc(Cl)cc2)cc1. The molecule has 0 spiro atoms. The van der Waals surface area contributed by atoms with Crippen LogP contribution in [0.3, 0.4) is 0 Å². The molecule has 0 aliphatic rings. The molecule has 2 aromatic rings. The third kappa shape index (κ3) is 5.80. The minimum atomic E-state index is -0.163. The van der Waals surface area contributed by atoms with Gasteiger partial charge >= 0.3 is 0 Å². The van der Waals surface area contributed by atoms with E-state index in [0.29, 0.717) is 29.5 Å². The van der Waals surface area contributed by atoms with E-state index in [1.165, 1.54) is 6.92 Å². The highest BCUT2D eigenvalue weighted by atomic mass is 35.5. The van der Waals surface area contributed by atoms with E-state index >= 15 is 0 Å². The molecule has 2 rings (SSSR count). The summed E-state index contributed by atoms with van der Waals surface area (Å²) in [7, 11) is 0. The van der Waals surface area contributed by atoms with Gasteiger partial charge in [0.25, 0.3) is 0 Å². The zero-order valence-electron chi connectivity index (χ0n) is 14.3. The van der Waals surface area contributed by atoms with Crippen molar-refractivity contribution in [3.63, 3.8) is 0 Å². The highest BCUT2D eigenvalue weighted by molar-refractivity contribution is 6.30. The number of ether oxygens (including phenoxy) is 1. The number of hydrogen-bond donors (Lipinski definition) is 1. The number of carbonyl (C=O) groups is 2. The van der Waals surface area contributed by atoms with E-state index in [1.54, 1.807) is 53.4 Å². The Labute approximate surface area is 152 Å². The fraction of sp³-hybridized carbons (Fsp3) is 0.263. The van der Waals surface area contributed by atoms with E-state index in [-0.39, 0.29) is 18.2 Å². The van der Waals surface area contributed by atoms with Gasteiger partial charge in [-0.25, -0.2) is 0 Å². The van der Waals surface area contributed by atoms with Gasteiger partial charge in [0.2, 0.25) is 11.8 Å². The molecule has 0 aliphatic carbocycles. The summed E-state index contributed by atoms with van der Waals surface area (Å²) in [5.74, 6) is 0.464. The Morgan fingerprint density at radius 2 is 1.72 bits per heavy atom. The van der Waals surface area contributed by atoms with Gasteiger partial charge in [0.1, 0.15) is 5.75 Å². The Morgan fingerprint density at radius 3 is 2.28 bits per heavy atom. The zero-order chi connectivity index (χ0) is 18.2. The summed E-state index contributed by atoms with van der Waals surface area (Å²) < 4.78 is 5.36. The maximum atomic E-state index is 12.1. The van der Waals surface area contributed by atoms with Crippen molar-refractivity contribution in [3.8, 4) is 5.75 Å². The molecule has 0 saturated heterocycles. The van der Waals surface area contributed by atoms with Gasteiger partial charge in [-0.15, -0.1) is 0 Å². The summed E-state index contributed by atoms with van der Waals surface area (Å²) in [5.41, 5.74) is 1.40. The lowest BCUT2D eigenvalue weighted by atomic mass is 10.2. The van der Waals surface area contributed by atoms with Gasteiger partial charge in [-0.3, -0.25) is 9.59 Å². The number of hydrogen-bond acceptors (Lipinski definition) is 3. The van der Waals surface area contributed by atoms with Crippen LogP contribution in [0.5, 0.6) is 5.75 Å². The number of amides is 2.